The average Bonchev–Trinajstić information content (AvgIpc) is 1.25. The van der Waals surface area contributed by atoms with Gasteiger partial charge in [0, 0.05) is 0 Å². The normalized spacial score (nSPS) is 4.80. The zero-order valence-corrected chi connectivity index (χ0v) is 13.1. The summed E-state index contributed by atoms with van der Waals surface area (Å²) in [5.74, 6) is 0. The molecule has 0 aromatic rings. The molecule has 0 saturated carbocycles. The van der Waals surface area contributed by atoms with Crippen molar-refractivity contribution in [1.29, 1.82) is 0 Å². The van der Waals surface area contributed by atoms with Crippen LogP contribution in [0.3, 0.4) is 0 Å². The van der Waals surface area contributed by atoms with E-state index in [-0.39, 0.29) is 67.8 Å². The maximum atomic E-state index is 4.66. The molecule has 0 saturated heterocycles. The van der Waals surface area contributed by atoms with Crippen molar-refractivity contribution in [2.75, 3.05) is 0 Å². The molecule has 0 bridgehead atoms. The van der Waals surface area contributed by atoms with E-state index in [0.717, 1.165) is 0 Å². The summed E-state index contributed by atoms with van der Waals surface area (Å²) in [7, 11) is 0. The van der Waals surface area contributed by atoms with Gasteiger partial charge < -0.3 is 61.2 Å². The second kappa shape index (κ2) is 17.3. The van der Waals surface area contributed by atoms with Crippen LogP contribution in [0.4, 0.5) is 0 Å². The van der Waals surface area contributed by atoms with Crippen LogP contribution < -0.4 is 70.6 Å². The van der Waals surface area contributed by atoms with Crippen molar-refractivity contribution in [2.24, 2.45) is 11.5 Å². The van der Waals surface area contributed by atoms with Gasteiger partial charge in [-0.15, -0.1) is 0 Å². The summed E-state index contributed by atoms with van der Waals surface area (Å²) in [6.45, 7) is 0. The van der Waals surface area contributed by atoms with Crippen LogP contribution in [0, 0.1) is 0 Å². The minimum Gasteiger partial charge on any atom is -0.415 e. The Morgan fingerprint density at radius 2 is 0.900 bits per heavy atom. The molecule has 0 rings (SSSR count). The van der Waals surface area contributed by atoms with Gasteiger partial charge in [-0.05, 0) is 0 Å². The summed E-state index contributed by atoms with van der Waals surface area (Å²) in [5.41, 5.74) is 9.31. The topological polar surface area (TPSA) is 52.0 Å². The molecule has 10 heavy (non-hydrogen) atoms. The van der Waals surface area contributed by atoms with Crippen molar-refractivity contribution >= 4 is 58.3 Å². The molecule has 4 N–H and O–H groups in total. The van der Waals surface area contributed by atoms with Gasteiger partial charge in [0.2, 0.25) is 0 Å². The first kappa shape index (κ1) is 22.8. The molecule has 0 fully saturated rings. The van der Waals surface area contributed by atoms with Gasteiger partial charge in [-0.1, -0.05) is 8.64 Å². The Bertz CT molecular complexity index is 77.3. The van der Waals surface area contributed by atoms with Gasteiger partial charge in [0.1, 0.15) is 0 Å². The fourth-order valence-electron chi connectivity index (χ4n) is 0. The van der Waals surface area contributed by atoms with Crippen LogP contribution in [-0.4, -0.2) is 8.64 Å². The van der Waals surface area contributed by atoms with Gasteiger partial charge in [-0.3, -0.25) is 0 Å². The molecular formula is C2H4N2Na2S4. The molecule has 0 aliphatic carbocycles. The van der Waals surface area contributed by atoms with E-state index in [1.165, 1.54) is 0 Å². The van der Waals surface area contributed by atoms with E-state index in [1.54, 1.807) is 0 Å². The van der Waals surface area contributed by atoms with E-state index in [2.05, 4.69) is 61.2 Å². The van der Waals surface area contributed by atoms with Crippen molar-refractivity contribution in [3.8, 4) is 0 Å². The van der Waals surface area contributed by atoms with Crippen molar-refractivity contribution in [2.45, 2.75) is 0 Å². The standard InChI is InChI=1S/2CH3NS2.2Na/c2*2-1(3)4;;/h2*(H3,2,3,4);;/q;;2*+1/p-2. The number of hydrogen-bond acceptors (Lipinski definition) is 4. The van der Waals surface area contributed by atoms with Crippen LogP contribution in [0.1, 0.15) is 0 Å². The van der Waals surface area contributed by atoms with Crippen LogP contribution in [0.15, 0.2) is 0 Å². The van der Waals surface area contributed by atoms with Crippen molar-refractivity contribution in [1.82, 2.24) is 0 Å². The monoisotopic (exact) mass is 230 g/mol. The van der Waals surface area contributed by atoms with E-state index in [4.69, 9.17) is 0 Å². The fourth-order valence-corrected chi connectivity index (χ4v) is 0. The Morgan fingerprint density at radius 1 is 0.900 bits per heavy atom. The number of rotatable bonds is 0. The molecule has 0 unspecified atom stereocenters. The van der Waals surface area contributed by atoms with Crippen LogP contribution in [0.5, 0.6) is 0 Å². The number of hydrogen-bond donors (Lipinski definition) is 2. The largest absolute Gasteiger partial charge is 1.00 e. The van der Waals surface area contributed by atoms with E-state index in [1.807, 2.05) is 0 Å². The summed E-state index contributed by atoms with van der Waals surface area (Å²) in [4.78, 5) is 0. The smallest absolute Gasteiger partial charge is 0.415 e. The third kappa shape index (κ3) is 176. The molecule has 0 aromatic carbocycles. The number of nitrogens with two attached hydrogens (primary N) is 2. The predicted molar refractivity (Wildman–Crippen MR) is 48.3 cm³/mol. The first-order valence-electron chi connectivity index (χ1n) is 1.39. The summed E-state index contributed by atoms with van der Waals surface area (Å²) >= 11 is 16.5. The molecule has 0 aliphatic heterocycles. The molecule has 0 amide bonds. The minimum atomic E-state index is 0. The molecule has 0 heterocycles. The molecule has 0 atom stereocenters. The molecular weight excluding hydrogens is 226 g/mol. The molecule has 0 radical (unpaired) electrons. The van der Waals surface area contributed by atoms with Crippen LogP contribution in [0.2, 0.25) is 0 Å². The van der Waals surface area contributed by atoms with Crippen molar-refractivity contribution < 1.29 is 59.1 Å². The van der Waals surface area contributed by atoms with Crippen LogP contribution in [0.25, 0.3) is 0 Å². The van der Waals surface area contributed by atoms with E-state index in [9.17, 15) is 0 Å². The summed E-state index contributed by atoms with van der Waals surface area (Å²) in [5, 5.41) is 0. The molecule has 0 aliphatic rings. The Morgan fingerprint density at radius 3 is 0.900 bits per heavy atom. The van der Waals surface area contributed by atoms with Gasteiger partial charge in [0.05, 0.1) is 0 Å². The van der Waals surface area contributed by atoms with Crippen molar-refractivity contribution in [3.63, 3.8) is 0 Å². The van der Waals surface area contributed by atoms with Gasteiger partial charge >= 0.3 is 59.1 Å². The first-order valence-corrected chi connectivity index (χ1v) is 3.03. The van der Waals surface area contributed by atoms with Crippen molar-refractivity contribution in [3.05, 3.63) is 0 Å². The number of thiocarbonyl (C=S) groups is 2. The molecule has 48 valence electrons. The van der Waals surface area contributed by atoms with Gasteiger partial charge in [0.15, 0.2) is 0 Å². The van der Waals surface area contributed by atoms with E-state index < -0.39 is 0 Å². The van der Waals surface area contributed by atoms with Gasteiger partial charge in [-0.25, -0.2) is 0 Å². The first-order chi connectivity index (χ1) is 3.46. The summed E-state index contributed by atoms with van der Waals surface area (Å²) < 4.78 is 0.167. The van der Waals surface area contributed by atoms with Crippen LogP contribution >= 0.6 is 24.4 Å². The fraction of sp³-hybridized carbons (Fsp3) is 0. The molecule has 2 nitrogen and oxygen atoms in total. The Hall–Kier alpha value is 2.22. The predicted octanol–water partition coefficient (Wildman–Crippen LogP) is -6.44. The summed E-state index contributed by atoms with van der Waals surface area (Å²) in [6.07, 6.45) is 0. The minimum absolute atomic E-state index is 0. The molecule has 0 aromatic heterocycles. The zero-order valence-electron chi connectivity index (χ0n) is 5.79. The third-order valence-corrected chi connectivity index (χ3v) is 0. The van der Waals surface area contributed by atoms with E-state index in [0.29, 0.717) is 0 Å². The Labute approximate surface area is 127 Å². The zero-order chi connectivity index (χ0) is 7.15. The van der Waals surface area contributed by atoms with Gasteiger partial charge in [-0.2, -0.15) is 0 Å². The SMILES string of the molecule is NC(=S)[S-].NC(=S)[S-].[Na+].[Na+]. The quantitative estimate of drug-likeness (QED) is 0.245. The Kier molecular flexibility index (Phi) is 39.5. The second-order valence-electron chi connectivity index (χ2n) is 0.638. The maximum Gasteiger partial charge on any atom is 1.00 e. The Balaban J connectivity index is -0.0000000300. The second-order valence-corrected chi connectivity index (χ2v) is 2.91. The van der Waals surface area contributed by atoms with E-state index >= 15 is 0 Å². The van der Waals surface area contributed by atoms with Crippen LogP contribution in [-0.2, 0) is 25.3 Å². The summed E-state index contributed by atoms with van der Waals surface area (Å²) in [6, 6.07) is 0. The average molecular weight is 230 g/mol. The third-order valence-electron chi connectivity index (χ3n) is 0. The molecule has 8 heteroatoms. The van der Waals surface area contributed by atoms with Gasteiger partial charge in [0.25, 0.3) is 0 Å². The maximum absolute atomic E-state index is 4.66. The molecule has 0 spiro atoms.